The lowest BCUT2D eigenvalue weighted by atomic mass is 10.2. The fourth-order valence-electron chi connectivity index (χ4n) is 3.28. The van der Waals surface area contributed by atoms with Crippen molar-refractivity contribution in [1.82, 2.24) is 39.9 Å². The molecule has 30 heavy (non-hydrogen) atoms. The van der Waals surface area contributed by atoms with E-state index in [0.717, 1.165) is 0 Å². The molecule has 12 heteroatoms. The van der Waals surface area contributed by atoms with E-state index in [4.69, 9.17) is 28.2 Å². The molecule has 0 saturated carbocycles. The molecule has 3 N–H and O–H groups in total. The molecule has 0 fully saturated rings. The van der Waals surface area contributed by atoms with Gasteiger partial charge in [0.2, 0.25) is 5.28 Å². The van der Waals surface area contributed by atoms with Crippen LogP contribution in [0.5, 0.6) is 0 Å². The molecule has 0 aliphatic carbocycles. The Labute approximate surface area is 178 Å². The van der Waals surface area contributed by atoms with Crippen LogP contribution in [0.2, 0.25) is 10.3 Å². The average Bonchev–Trinajstić information content (AvgIpc) is 3.39. The molecule has 0 saturated heterocycles. The summed E-state index contributed by atoms with van der Waals surface area (Å²) in [6.45, 7) is 1.85. The molecule has 150 valence electrons. The van der Waals surface area contributed by atoms with E-state index in [1.54, 1.807) is 36.7 Å². The second-order valence-corrected chi connectivity index (χ2v) is 7.26. The first-order valence-electron chi connectivity index (χ1n) is 8.87. The quantitative estimate of drug-likeness (QED) is 0.364. The van der Waals surface area contributed by atoms with E-state index >= 15 is 0 Å². The number of nitrogens with zero attached hydrogens (tertiary/aromatic N) is 6. The standard InChI is InChI=1S/C18H13Cl2N9O/c1-8(23-14-9-7-22-28-15(9)26-18(20)25-14)16-24-11-4-2-3-10(19)13(11)17(30)29(16)12-5-6-21-27-12/h2-8H,1H3,(H,21,27)(H2,22,23,25,26,28). The Morgan fingerprint density at radius 2 is 2.03 bits per heavy atom. The molecular weight excluding hydrogens is 429 g/mol. The van der Waals surface area contributed by atoms with Gasteiger partial charge in [-0.1, -0.05) is 17.7 Å². The van der Waals surface area contributed by atoms with E-state index in [1.165, 1.54) is 4.57 Å². The van der Waals surface area contributed by atoms with Gasteiger partial charge in [0.25, 0.3) is 5.56 Å². The number of H-pyrrole nitrogens is 2. The minimum Gasteiger partial charge on any atom is -0.360 e. The maximum absolute atomic E-state index is 13.3. The summed E-state index contributed by atoms with van der Waals surface area (Å²) in [6.07, 6.45) is 3.22. The molecular formula is C18H13Cl2N9O. The van der Waals surface area contributed by atoms with E-state index < -0.39 is 6.04 Å². The van der Waals surface area contributed by atoms with Crippen LogP contribution in [0, 0.1) is 0 Å². The Morgan fingerprint density at radius 1 is 1.17 bits per heavy atom. The van der Waals surface area contributed by atoms with Crippen LogP contribution >= 0.6 is 23.2 Å². The maximum Gasteiger partial charge on any atom is 0.268 e. The number of hydrogen-bond donors (Lipinski definition) is 3. The third kappa shape index (κ3) is 2.97. The van der Waals surface area contributed by atoms with Crippen molar-refractivity contribution in [3.8, 4) is 5.82 Å². The first-order chi connectivity index (χ1) is 14.5. The van der Waals surface area contributed by atoms with Crippen LogP contribution in [0.25, 0.3) is 27.8 Å². The second kappa shape index (κ2) is 7.08. The third-order valence-electron chi connectivity index (χ3n) is 4.61. The van der Waals surface area contributed by atoms with E-state index in [9.17, 15) is 4.79 Å². The number of aromatic amines is 2. The molecule has 0 amide bonds. The highest BCUT2D eigenvalue weighted by Gasteiger charge is 2.21. The minimum absolute atomic E-state index is 0.0596. The maximum atomic E-state index is 13.3. The van der Waals surface area contributed by atoms with Gasteiger partial charge in [0.1, 0.15) is 11.6 Å². The number of hydrogen-bond acceptors (Lipinski definition) is 7. The summed E-state index contributed by atoms with van der Waals surface area (Å²) in [5.74, 6) is 1.28. The van der Waals surface area contributed by atoms with Gasteiger partial charge in [0.05, 0.1) is 33.6 Å². The highest BCUT2D eigenvalue weighted by molar-refractivity contribution is 6.35. The van der Waals surface area contributed by atoms with Gasteiger partial charge in [-0.15, -0.1) is 0 Å². The fraction of sp³-hybridized carbons (Fsp3) is 0.111. The van der Waals surface area contributed by atoms with Crippen LogP contribution in [0.1, 0.15) is 18.8 Å². The Hall–Kier alpha value is -3.50. The average molecular weight is 442 g/mol. The molecule has 0 spiro atoms. The van der Waals surface area contributed by atoms with E-state index in [1.807, 2.05) is 6.92 Å². The molecule has 5 aromatic rings. The van der Waals surface area contributed by atoms with Gasteiger partial charge in [0.15, 0.2) is 11.5 Å². The number of nitrogens with one attached hydrogen (secondary N) is 3. The Morgan fingerprint density at radius 3 is 2.83 bits per heavy atom. The molecule has 0 aliphatic rings. The second-order valence-electron chi connectivity index (χ2n) is 6.52. The monoisotopic (exact) mass is 441 g/mol. The number of fused-ring (bicyclic) bond motifs is 2. The highest BCUT2D eigenvalue weighted by Crippen LogP contribution is 2.26. The topological polar surface area (TPSA) is 130 Å². The van der Waals surface area contributed by atoms with E-state index in [-0.39, 0.29) is 10.8 Å². The molecule has 4 heterocycles. The Kier molecular flexibility index (Phi) is 4.37. The normalized spacial score (nSPS) is 12.5. The molecule has 1 aromatic carbocycles. The predicted molar refractivity (Wildman–Crippen MR) is 113 cm³/mol. The highest BCUT2D eigenvalue weighted by atomic mass is 35.5. The van der Waals surface area contributed by atoms with Gasteiger partial charge in [-0.3, -0.25) is 15.0 Å². The van der Waals surface area contributed by atoms with Crippen molar-refractivity contribution < 1.29 is 0 Å². The third-order valence-corrected chi connectivity index (χ3v) is 5.09. The van der Waals surface area contributed by atoms with Crippen molar-refractivity contribution in [2.75, 3.05) is 5.32 Å². The molecule has 10 nitrogen and oxygen atoms in total. The number of aromatic nitrogens is 8. The number of halogens is 2. The molecule has 1 unspecified atom stereocenters. The molecule has 0 bridgehead atoms. The molecule has 0 aliphatic heterocycles. The lowest BCUT2D eigenvalue weighted by Gasteiger charge is -2.19. The smallest absolute Gasteiger partial charge is 0.268 e. The van der Waals surface area contributed by atoms with Gasteiger partial charge in [-0.25, -0.2) is 9.55 Å². The van der Waals surface area contributed by atoms with Crippen molar-refractivity contribution in [3.63, 3.8) is 0 Å². The van der Waals surface area contributed by atoms with Gasteiger partial charge < -0.3 is 5.32 Å². The van der Waals surface area contributed by atoms with Crippen molar-refractivity contribution >= 4 is 51.0 Å². The summed E-state index contributed by atoms with van der Waals surface area (Å²) in [4.78, 5) is 26.4. The van der Waals surface area contributed by atoms with Crippen molar-refractivity contribution in [2.45, 2.75) is 13.0 Å². The van der Waals surface area contributed by atoms with Crippen molar-refractivity contribution in [2.24, 2.45) is 0 Å². The molecule has 0 radical (unpaired) electrons. The van der Waals surface area contributed by atoms with Crippen LogP contribution < -0.4 is 10.9 Å². The van der Waals surface area contributed by atoms with Crippen molar-refractivity contribution in [1.29, 1.82) is 0 Å². The summed E-state index contributed by atoms with van der Waals surface area (Å²) in [5.41, 5.74) is 0.653. The zero-order chi connectivity index (χ0) is 20.8. The van der Waals surface area contributed by atoms with Crippen LogP contribution in [0.15, 0.2) is 41.5 Å². The van der Waals surface area contributed by atoms with E-state index in [2.05, 4.69) is 35.7 Å². The fourth-order valence-corrected chi connectivity index (χ4v) is 3.70. The number of benzene rings is 1. The van der Waals surface area contributed by atoms with Crippen LogP contribution in [0.4, 0.5) is 5.82 Å². The summed E-state index contributed by atoms with van der Waals surface area (Å²) >= 11 is 12.3. The van der Waals surface area contributed by atoms with Crippen molar-refractivity contribution in [3.05, 3.63) is 63.1 Å². The Bertz CT molecular complexity index is 1440. The number of anilines is 1. The van der Waals surface area contributed by atoms with Crippen LogP contribution in [-0.2, 0) is 0 Å². The molecule has 4 aromatic heterocycles. The zero-order valence-corrected chi connectivity index (χ0v) is 16.9. The zero-order valence-electron chi connectivity index (χ0n) is 15.4. The number of rotatable bonds is 4. The van der Waals surface area contributed by atoms with E-state index in [0.29, 0.717) is 44.4 Å². The minimum atomic E-state index is -0.457. The summed E-state index contributed by atoms with van der Waals surface area (Å²) < 4.78 is 1.41. The largest absolute Gasteiger partial charge is 0.360 e. The first kappa shape index (κ1) is 18.5. The molecule has 1 atom stereocenters. The van der Waals surface area contributed by atoms with Gasteiger partial charge in [0, 0.05) is 12.3 Å². The van der Waals surface area contributed by atoms with Crippen LogP contribution in [0.3, 0.4) is 0 Å². The first-order valence-corrected chi connectivity index (χ1v) is 9.63. The summed E-state index contributed by atoms with van der Waals surface area (Å²) in [6, 6.07) is 6.36. The SMILES string of the molecule is CC(Nc1nc(Cl)nc2[nH]ncc12)c1nc2cccc(Cl)c2c(=O)n1-c1cc[nH]n1. The predicted octanol–water partition coefficient (Wildman–Crippen LogP) is 3.26. The van der Waals surface area contributed by atoms with Gasteiger partial charge in [-0.05, 0) is 30.7 Å². The Balaban J connectivity index is 1.70. The van der Waals surface area contributed by atoms with Crippen LogP contribution in [-0.4, -0.2) is 39.9 Å². The lowest BCUT2D eigenvalue weighted by molar-refractivity contribution is 0.720. The van der Waals surface area contributed by atoms with Gasteiger partial charge in [-0.2, -0.15) is 20.2 Å². The van der Waals surface area contributed by atoms with Gasteiger partial charge >= 0.3 is 0 Å². The summed E-state index contributed by atoms with van der Waals surface area (Å²) in [5, 5.41) is 18.2. The molecule has 5 rings (SSSR count). The summed E-state index contributed by atoms with van der Waals surface area (Å²) in [7, 11) is 0. The lowest BCUT2D eigenvalue weighted by Crippen LogP contribution is -2.28.